The Morgan fingerprint density at radius 2 is 1.83 bits per heavy atom. The topological polar surface area (TPSA) is 115 Å². The van der Waals surface area contributed by atoms with Crippen molar-refractivity contribution < 1.29 is 18.3 Å². The Balaban J connectivity index is 0.000000967. The highest BCUT2D eigenvalue weighted by Crippen LogP contribution is 2.33. The third kappa shape index (κ3) is 5.69. The second kappa shape index (κ2) is 10.3. The van der Waals surface area contributed by atoms with E-state index in [4.69, 9.17) is 14.6 Å². The minimum absolute atomic E-state index is 0.0275. The molecule has 36 heavy (non-hydrogen) atoms. The molecule has 1 saturated heterocycles. The molecule has 10 nitrogen and oxygen atoms in total. The Morgan fingerprint density at radius 3 is 2.42 bits per heavy atom. The van der Waals surface area contributed by atoms with Crippen LogP contribution in [0.15, 0.2) is 18.3 Å². The van der Waals surface area contributed by atoms with E-state index in [0.717, 1.165) is 68.4 Å². The van der Waals surface area contributed by atoms with Gasteiger partial charge in [-0.15, -0.1) is 5.10 Å². The van der Waals surface area contributed by atoms with Crippen LogP contribution in [0.4, 0.5) is 14.6 Å². The first kappa shape index (κ1) is 25.7. The molecular formula is C24H32F2N8O2. The van der Waals surface area contributed by atoms with Crippen molar-refractivity contribution in [2.24, 2.45) is 5.73 Å². The number of carbonyl (C=O) groups excluding carboxylic acids is 1. The summed E-state index contributed by atoms with van der Waals surface area (Å²) < 4.78 is 35.8. The van der Waals surface area contributed by atoms with Crippen LogP contribution in [0.3, 0.4) is 0 Å². The van der Waals surface area contributed by atoms with E-state index in [0.29, 0.717) is 6.04 Å². The Labute approximate surface area is 208 Å². The first-order chi connectivity index (χ1) is 17.1. The molecule has 0 atom stereocenters. The van der Waals surface area contributed by atoms with Gasteiger partial charge in [0.15, 0.2) is 11.6 Å². The van der Waals surface area contributed by atoms with E-state index in [9.17, 15) is 8.78 Å². The second-order valence-corrected chi connectivity index (χ2v) is 9.42. The number of fused-ring (bicyclic) bond motifs is 1. The van der Waals surface area contributed by atoms with Gasteiger partial charge in [-0.05, 0) is 39.7 Å². The molecule has 194 valence electrons. The summed E-state index contributed by atoms with van der Waals surface area (Å²) in [5, 5.41) is 5.71. The summed E-state index contributed by atoms with van der Waals surface area (Å²) in [4.78, 5) is 25.9. The highest BCUT2D eigenvalue weighted by Gasteiger charge is 2.32. The first-order valence-corrected chi connectivity index (χ1v) is 12.0. The lowest BCUT2D eigenvalue weighted by atomic mass is 10.2. The Kier molecular flexibility index (Phi) is 7.34. The molecule has 0 bridgehead atoms. The number of halogens is 2. The molecule has 0 aromatic carbocycles. The van der Waals surface area contributed by atoms with E-state index < -0.39 is 11.7 Å². The van der Waals surface area contributed by atoms with Gasteiger partial charge in [-0.3, -0.25) is 14.7 Å². The molecule has 1 amide bonds. The molecule has 1 saturated carbocycles. The van der Waals surface area contributed by atoms with Gasteiger partial charge in [0.25, 0.3) is 0 Å². The van der Waals surface area contributed by atoms with Gasteiger partial charge in [-0.1, -0.05) is 0 Å². The third-order valence-electron chi connectivity index (χ3n) is 6.14. The van der Waals surface area contributed by atoms with Crippen LogP contribution in [-0.4, -0.2) is 74.4 Å². The van der Waals surface area contributed by atoms with Crippen molar-refractivity contribution in [3.63, 3.8) is 0 Å². The molecule has 0 radical (unpaired) electrons. The van der Waals surface area contributed by atoms with Crippen LogP contribution in [0, 0.1) is 6.92 Å². The molecular weight excluding hydrogens is 470 g/mol. The van der Waals surface area contributed by atoms with Crippen LogP contribution in [0.2, 0.25) is 0 Å². The van der Waals surface area contributed by atoms with Crippen LogP contribution < -0.4 is 15.4 Å². The average molecular weight is 503 g/mol. The number of carbonyl (C=O) groups is 1. The highest BCUT2D eigenvalue weighted by atomic mass is 19.3. The summed E-state index contributed by atoms with van der Waals surface area (Å²) in [6.07, 6.45) is 3.88. The van der Waals surface area contributed by atoms with Crippen molar-refractivity contribution in [3.8, 4) is 11.7 Å². The number of pyridine rings is 1. The van der Waals surface area contributed by atoms with E-state index >= 15 is 0 Å². The van der Waals surface area contributed by atoms with Gasteiger partial charge >= 0.3 is 5.92 Å². The predicted molar refractivity (Wildman–Crippen MR) is 132 cm³/mol. The summed E-state index contributed by atoms with van der Waals surface area (Å²) in [5.41, 5.74) is 5.75. The largest absolute Gasteiger partial charge is 0.474 e. The first-order valence-electron chi connectivity index (χ1n) is 12.0. The fourth-order valence-electron chi connectivity index (χ4n) is 4.09. The van der Waals surface area contributed by atoms with Gasteiger partial charge < -0.3 is 15.4 Å². The average Bonchev–Trinajstić information content (AvgIpc) is 3.56. The maximum absolute atomic E-state index is 14.2. The normalized spacial score (nSPS) is 16.7. The Hall–Kier alpha value is -3.41. The standard InChI is InChI=1S/C23H29F2N7O.CH3NO/c1-14(2)30-7-9-31(10-8-30)21-17-13-26-15(3)11-18(17)32(29-21)19-12-20(33-16-5-6-16)28-22(27-19)23(4,24)25;2-1-3/h11-14,16H,5-10H2,1-4H3;1H,(H2,2,3). The minimum atomic E-state index is -3.20. The molecule has 3 aromatic heterocycles. The van der Waals surface area contributed by atoms with Gasteiger partial charge in [0.05, 0.1) is 10.9 Å². The number of anilines is 1. The smallest absolute Gasteiger partial charge is 0.304 e. The van der Waals surface area contributed by atoms with E-state index in [1.54, 1.807) is 16.9 Å². The van der Waals surface area contributed by atoms with Crippen molar-refractivity contribution in [2.75, 3.05) is 31.1 Å². The molecule has 3 aromatic rings. The number of primary amides is 1. The number of hydrogen-bond donors (Lipinski definition) is 1. The van der Waals surface area contributed by atoms with Crippen LogP contribution in [0.25, 0.3) is 16.7 Å². The molecule has 1 aliphatic heterocycles. The number of nitrogens with two attached hydrogens (primary N) is 1. The highest BCUT2D eigenvalue weighted by molar-refractivity contribution is 5.91. The summed E-state index contributed by atoms with van der Waals surface area (Å²) in [5.74, 6) is -2.57. The van der Waals surface area contributed by atoms with Crippen molar-refractivity contribution in [2.45, 2.75) is 58.6 Å². The molecule has 2 aliphatic rings. The minimum Gasteiger partial charge on any atom is -0.474 e. The van der Waals surface area contributed by atoms with Crippen molar-refractivity contribution in [3.05, 3.63) is 29.8 Å². The Morgan fingerprint density at radius 1 is 1.17 bits per heavy atom. The maximum Gasteiger partial charge on any atom is 0.304 e. The SMILES string of the molecule is Cc1cc2c(cn1)c(N1CCN(C(C)C)CC1)nn2-c1cc(OC2CC2)nc(C(C)(F)F)n1.NC=O. The maximum atomic E-state index is 14.2. The number of ether oxygens (including phenoxy) is 1. The van der Waals surface area contributed by atoms with Crippen LogP contribution in [0.5, 0.6) is 5.88 Å². The fraction of sp³-hybridized carbons (Fsp3) is 0.542. The lowest BCUT2D eigenvalue weighted by Gasteiger charge is -2.37. The summed E-state index contributed by atoms with van der Waals surface area (Å²) in [7, 11) is 0. The zero-order valence-corrected chi connectivity index (χ0v) is 21.0. The fourth-order valence-corrected chi connectivity index (χ4v) is 4.09. The lowest BCUT2D eigenvalue weighted by molar-refractivity contribution is -0.106. The zero-order chi connectivity index (χ0) is 26.0. The molecule has 4 heterocycles. The summed E-state index contributed by atoms with van der Waals surface area (Å²) in [6.45, 7) is 10.6. The number of piperazine rings is 1. The monoisotopic (exact) mass is 502 g/mol. The number of nitrogens with zero attached hydrogens (tertiary/aromatic N) is 7. The van der Waals surface area contributed by atoms with Crippen LogP contribution in [0.1, 0.15) is 45.1 Å². The summed E-state index contributed by atoms with van der Waals surface area (Å²) in [6, 6.07) is 3.99. The van der Waals surface area contributed by atoms with Crippen molar-refractivity contribution in [1.82, 2.24) is 29.6 Å². The molecule has 0 unspecified atom stereocenters. The van der Waals surface area contributed by atoms with Crippen molar-refractivity contribution >= 4 is 23.1 Å². The zero-order valence-electron chi connectivity index (χ0n) is 21.0. The number of aryl methyl sites for hydroxylation is 1. The van der Waals surface area contributed by atoms with Crippen LogP contribution >= 0.6 is 0 Å². The third-order valence-corrected chi connectivity index (χ3v) is 6.14. The van der Waals surface area contributed by atoms with E-state index in [2.05, 4.69) is 44.3 Å². The van der Waals surface area contributed by atoms with Gasteiger partial charge in [-0.25, -0.2) is 9.67 Å². The van der Waals surface area contributed by atoms with Gasteiger partial charge in [0, 0.05) is 57.1 Å². The van der Waals surface area contributed by atoms with Gasteiger partial charge in [0.1, 0.15) is 6.10 Å². The molecule has 12 heteroatoms. The second-order valence-electron chi connectivity index (χ2n) is 9.42. The lowest BCUT2D eigenvalue weighted by Crippen LogP contribution is -2.49. The molecule has 5 rings (SSSR count). The number of aromatic nitrogens is 5. The number of hydrogen-bond acceptors (Lipinski definition) is 8. The predicted octanol–water partition coefficient (Wildman–Crippen LogP) is 2.80. The summed E-state index contributed by atoms with van der Waals surface area (Å²) >= 11 is 0. The number of alkyl halides is 2. The van der Waals surface area contributed by atoms with Crippen molar-refractivity contribution in [1.29, 1.82) is 0 Å². The molecule has 1 aliphatic carbocycles. The van der Waals surface area contributed by atoms with Crippen LogP contribution in [-0.2, 0) is 10.7 Å². The van der Waals surface area contributed by atoms with E-state index in [1.165, 1.54) is 0 Å². The molecule has 2 fully saturated rings. The molecule has 0 spiro atoms. The quantitative estimate of drug-likeness (QED) is 0.512. The Bertz CT molecular complexity index is 1210. The van der Waals surface area contributed by atoms with Gasteiger partial charge in [0.2, 0.25) is 18.1 Å². The number of rotatable bonds is 6. The molecule has 2 N–H and O–H groups in total. The van der Waals surface area contributed by atoms with E-state index in [-0.39, 0.29) is 24.2 Å². The van der Waals surface area contributed by atoms with Gasteiger partial charge in [-0.2, -0.15) is 13.8 Å². The number of amides is 1. The van der Waals surface area contributed by atoms with E-state index in [1.807, 2.05) is 13.0 Å².